The van der Waals surface area contributed by atoms with Crippen LogP contribution in [0.2, 0.25) is 0 Å². The standard InChI is InChI=1S/C22H21F4N3/c1-13-10-20-16(11-18(13)23)17(12-27)21(29(20)15-6-5-7-15)19-8-3-4-9-28(19)14(2)22(24,25)26/h3-4,8,10-11,14-15H,5-7,9H2,1-2H3/t14-/m1/s1. The molecule has 0 amide bonds. The van der Waals surface area contributed by atoms with E-state index < -0.39 is 18.0 Å². The van der Waals surface area contributed by atoms with E-state index in [9.17, 15) is 22.8 Å². The molecule has 0 radical (unpaired) electrons. The van der Waals surface area contributed by atoms with Gasteiger partial charge in [-0.3, -0.25) is 0 Å². The van der Waals surface area contributed by atoms with Gasteiger partial charge in [0.1, 0.15) is 17.9 Å². The van der Waals surface area contributed by atoms with Crippen molar-refractivity contribution in [1.82, 2.24) is 9.47 Å². The first-order valence-corrected chi connectivity index (χ1v) is 9.68. The van der Waals surface area contributed by atoms with E-state index in [0.717, 1.165) is 26.2 Å². The van der Waals surface area contributed by atoms with Gasteiger partial charge in [0, 0.05) is 18.0 Å². The molecule has 2 aliphatic rings. The van der Waals surface area contributed by atoms with Crippen LogP contribution in [0, 0.1) is 24.1 Å². The van der Waals surface area contributed by atoms with Crippen molar-refractivity contribution in [2.24, 2.45) is 0 Å². The Balaban J connectivity index is 2.00. The smallest absolute Gasteiger partial charge is 0.354 e. The SMILES string of the molecule is Cc1cc2c(cc1F)c(C#N)c(C1=CC=CCN1[C@H](C)C(F)(F)F)n2C1CCC1. The lowest BCUT2D eigenvalue weighted by Crippen LogP contribution is -2.43. The van der Waals surface area contributed by atoms with Gasteiger partial charge in [0.25, 0.3) is 0 Å². The van der Waals surface area contributed by atoms with Crippen molar-refractivity contribution in [3.05, 3.63) is 53.0 Å². The normalized spacial score (nSPS) is 18.5. The Morgan fingerprint density at radius 2 is 1.97 bits per heavy atom. The lowest BCUT2D eigenvalue weighted by Gasteiger charge is -2.37. The Kier molecular flexibility index (Phi) is 4.68. The number of nitrogens with zero attached hydrogens (tertiary/aromatic N) is 3. The Hall–Kier alpha value is -2.75. The first kappa shape index (κ1) is 19.6. The summed E-state index contributed by atoms with van der Waals surface area (Å²) in [4.78, 5) is 1.27. The molecule has 1 saturated carbocycles. The molecule has 0 saturated heterocycles. The number of alkyl halides is 3. The second-order valence-corrected chi connectivity index (χ2v) is 7.76. The van der Waals surface area contributed by atoms with Crippen molar-refractivity contribution in [2.75, 3.05) is 6.54 Å². The zero-order valence-corrected chi connectivity index (χ0v) is 16.2. The summed E-state index contributed by atoms with van der Waals surface area (Å²) in [5.74, 6) is -0.427. The fourth-order valence-electron chi connectivity index (χ4n) is 4.11. The highest BCUT2D eigenvalue weighted by Gasteiger charge is 2.42. The minimum absolute atomic E-state index is 0.0920. The third kappa shape index (κ3) is 3.11. The highest BCUT2D eigenvalue weighted by atomic mass is 19.4. The average molecular weight is 403 g/mol. The summed E-state index contributed by atoms with van der Waals surface area (Å²) >= 11 is 0. The second-order valence-electron chi connectivity index (χ2n) is 7.76. The van der Waals surface area contributed by atoms with Gasteiger partial charge in [-0.2, -0.15) is 18.4 Å². The predicted molar refractivity (Wildman–Crippen MR) is 104 cm³/mol. The van der Waals surface area contributed by atoms with Crippen LogP contribution in [0.15, 0.2) is 30.4 Å². The van der Waals surface area contributed by atoms with Gasteiger partial charge in [-0.15, -0.1) is 0 Å². The van der Waals surface area contributed by atoms with E-state index in [4.69, 9.17) is 0 Å². The average Bonchev–Trinajstić information content (AvgIpc) is 2.92. The molecule has 1 aromatic carbocycles. The maximum atomic E-state index is 14.3. The summed E-state index contributed by atoms with van der Waals surface area (Å²) in [6, 6.07) is 3.55. The van der Waals surface area contributed by atoms with E-state index in [1.54, 1.807) is 31.2 Å². The van der Waals surface area contributed by atoms with Crippen LogP contribution in [0.1, 0.15) is 49.0 Å². The van der Waals surface area contributed by atoms with Crippen LogP contribution in [-0.2, 0) is 0 Å². The van der Waals surface area contributed by atoms with Gasteiger partial charge in [-0.25, -0.2) is 4.39 Å². The third-order valence-electron chi connectivity index (χ3n) is 6.02. The van der Waals surface area contributed by atoms with Crippen LogP contribution >= 0.6 is 0 Å². The van der Waals surface area contributed by atoms with Crippen LogP contribution in [0.5, 0.6) is 0 Å². The number of hydrogen-bond donors (Lipinski definition) is 0. The molecule has 1 atom stereocenters. The fourth-order valence-corrected chi connectivity index (χ4v) is 4.11. The Labute approximate surface area is 166 Å². The van der Waals surface area contributed by atoms with Crippen LogP contribution in [0.25, 0.3) is 16.6 Å². The second kappa shape index (κ2) is 6.94. The van der Waals surface area contributed by atoms with Crippen LogP contribution in [-0.4, -0.2) is 28.2 Å². The van der Waals surface area contributed by atoms with Gasteiger partial charge in [0.05, 0.1) is 22.5 Å². The molecule has 0 N–H and O–H groups in total. The summed E-state index contributed by atoms with van der Waals surface area (Å²) in [5, 5.41) is 10.4. The maximum absolute atomic E-state index is 14.3. The molecule has 4 rings (SSSR count). The molecule has 0 unspecified atom stereocenters. The van der Waals surface area contributed by atoms with E-state index in [1.165, 1.54) is 11.0 Å². The molecule has 1 fully saturated rings. The molecule has 1 aliphatic carbocycles. The molecule has 1 aliphatic heterocycles. The Bertz CT molecular complexity index is 1060. The van der Waals surface area contributed by atoms with E-state index in [-0.39, 0.29) is 18.2 Å². The number of nitriles is 1. The maximum Gasteiger partial charge on any atom is 0.408 e. The Morgan fingerprint density at radius 1 is 1.24 bits per heavy atom. The summed E-state index contributed by atoms with van der Waals surface area (Å²) < 4.78 is 56.9. The number of fused-ring (bicyclic) bond motifs is 1. The zero-order valence-electron chi connectivity index (χ0n) is 16.2. The molecule has 2 aromatic rings. The molecule has 0 bridgehead atoms. The fraction of sp³-hybridized carbons (Fsp3) is 0.409. The van der Waals surface area contributed by atoms with Crippen molar-refractivity contribution < 1.29 is 17.6 Å². The highest BCUT2D eigenvalue weighted by molar-refractivity contribution is 5.93. The van der Waals surface area contributed by atoms with Gasteiger partial charge in [-0.1, -0.05) is 12.2 Å². The number of halogens is 4. The van der Waals surface area contributed by atoms with Crippen LogP contribution in [0.4, 0.5) is 17.6 Å². The van der Waals surface area contributed by atoms with Gasteiger partial charge in [0.2, 0.25) is 0 Å². The van der Waals surface area contributed by atoms with Gasteiger partial charge < -0.3 is 9.47 Å². The molecule has 0 spiro atoms. The van der Waals surface area contributed by atoms with E-state index in [0.29, 0.717) is 27.9 Å². The highest BCUT2D eigenvalue weighted by Crippen LogP contribution is 2.43. The van der Waals surface area contributed by atoms with Crippen LogP contribution in [0.3, 0.4) is 0 Å². The molecular formula is C22H21F4N3. The van der Waals surface area contributed by atoms with Crippen molar-refractivity contribution >= 4 is 16.6 Å². The zero-order chi connectivity index (χ0) is 20.9. The van der Waals surface area contributed by atoms with E-state index >= 15 is 0 Å². The molecule has 1 aromatic heterocycles. The summed E-state index contributed by atoms with van der Waals surface area (Å²) in [6.45, 7) is 2.87. The van der Waals surface area contributed by atoms with E-state index in [1.807, 2.05) is 4.57 Å². The van der Waals surface area contributed by atoms with E-state index in [2.05, 4.69) is 6.07 Å². The van der Waals surface area contributed by atoms with Gasteiger partial charge in [0.15, 0.2) is 0 Å². The number of benzene rings is 1. The molecule has 29 heavy (non-hydrogen) atoms. The summed E-state index contributed by atoms with van der Waals surface area (Å²) in [6.07, 6.45) is 3.38. The third-order valence-corrected chi connectivity index (χ3v) is 6.02. The van der Waals surface area contributed by atoms with Crippen molar-refractivity contribution in [3.63, 3.8) is 0 Å². The molecular weight excluding hydrogens is 382 g/mol. The number of hydrogen-bond acceptors (Lipinski definition) is 2. The number of rotatable bonds is 3. The Morgan fingerprint density at radius 3 is 2.55 bits per heavy atom. The number of aryl methyl sites for hydroxylation is 1. The topological polar surface area (TPSA) is 32.0 Å². The number of allylic oxidation sites excluding steroid dienone is 2. The lowest BCUT2D eigenvalue weighted by molar-refractivity contribution is -0.169. The minimum atomic E-state index is -4.41. The van der Waals surface area contributed by atoms with Crippen molar-refractivity contribution in [3.8, 4) is 6.07 Å². The van der Waals surface area contributed by atoms with Gasteiger partial charge in [-0.05, 0) is 56.9 Å². The molecule has 2 heterocycles. The quantitative estimate of drug-likeness (QED) is 0.602. The minimum Gasteiger partial charge on any atom is -0.354 e. The van der Waals surface area contributed by atoms with Crippen molar-refractivity contribution in [2.45, 2.75) is 51.4 Å². The van der Waals surface area contributed by atoms with Crippen LogP contribution < -0.4 is 0 Å². The number of aromatic nitrogens is 1. The van der Waals surface area contributed by atoms with Gasteiger partial charge >= 0.3 is 6.18 Å². The molecule has 152 valence electrons. The lowest BCUT2D eigenvalue weighted by atomic mass is 9.92. The first-order chi connectivity index (χ1) is 13.7. The molecule has 7 heteroatoms. The predicted octanol–water partition coefficient (Wildman–Crippen LogP) is 5.85. The molecule has 3 nitrogen and oxygen atoms in total. The van der Waals surface area contributed by atoms with Crippen molar-refractivity contribution in [1.29, 1.82) is 5.26 Å². The first-order valence-electron chi connectivity index (χ1n) is 9.68. The largest absolute Gasteiger partial charge is 0.408 e. The summed E-state index contributed by atoms with van der Waals surface area (Å²) in [5.41, 5.74) is 2.19. The monoisotopic (exact) mass is 403 g/mol. The summed E-state index contributed by atoms with van der Waals surface area (Å²) in [7, 11) is 0.